The molecule has 9 aromatic carbocycles. The maximum absolute atomic E-state index is 5.32. The molecule has 0 radical (unpaired) electrons. The zero-order valence-electron chi connectivity index (χ0n) is 34.5. The van der Waals surface area contributed by atoms with Crippen LogP contribution in [-0.4, -0.2) is 14.5 Å². The molecular weight excluding hydrogens is 751 g/mol. The van der Waals surface area contributed by atoms with Crippen LogP contribution in [0.2, 0.25) is 0 Å². The number of nitrogens with zero attached hydrogens (tertiary/aromatic N) is 3. The van der Waals surface area contributed by atoms with E-state index in [4.69, 9.17) is 9.97 Å². The van der Waals surface area contributed by atoms with Crippen LogP contribution in [0.15, 0.2) is 212 Å². The van der Waals surface area contributed by atoms with Gasteiger partial charge < -0.3 is 4.57 Å². The normalized spacial score (nSPS) is 12.8. The first kappa shape index (κ1) is 36.0. The van der Waals surface area contributed by atoms with Crippen LogP contribution in [0.1, 0.15) is 25.0 Å². The van der Waals surface area contributed by atoms with Gasteiger partial charge in [0.15, 0.2) is 5.82 Å². The van der Waals surface area contributed by atoms with E-state index in [2.05, 4.69) is 225 Å². The number of aromatic nitrogens is 3. The van der Waals surface area contributed by atoms with Gasteiger partial charge in [0.2, 0.25) is 0 Å². The average molecular weight is 792 g/mol. The number of benzene rings is 9. The highest BCUT2D eigenvalue weighted by Crippen LogP contribution is 2.54. The average Bonchev–Trinajstić information content (AvgIpc) is 3.78. The van der Waals surface area contributed by atoms with Gasteiger partial charge in [0, 0.05) is 38.6 Å². The van der Waals surface area contributed by atoms with Crippen molar-refractivity contribution < 1.29 is 0 Å². The number of para-hydroxylation sites is 2. The van der Waals surface area contributed by atoms with Gasteiger partial charge in [-0.05, 0) is 104 Å². The molecule has 62 heavy (non-hydrogen) atoms. The Morgan fingerprint density at radius 3 is 1.79 bits per heavy atom. The van der Waals surface area contributed by atoms with Crippen LogP contribution in [0.4, 0.5) is 0 Å². The van der Waals surface area contributed by atoms with E-state index < -0.39 is 0 Å². The van der Waals surface area contributed by atoms with E-state index in [-0.39, 0.29) is 5.41 Å². The second-order valence-corrected chi connectivity index (χ2v) is 17.0. The Kier molecular flexibility index (Phi) is 8.20. The SMILES string of the molecule is CC1(C)c2cc3ccccc3cc2-c2c(-c3ccccc3-c3cc(-c4ccc(-c5ccc6c(c5)c5ccccc5n6-c5ccccc5)cc4)nc(-c4ccccc4)n3)cccc21. The first-order chi connectivity index (χ1) is 30.5. The van der Waals surface area contributed by atoms with Crippen molar-refractivity contribution in [2.24, 2.45) is 0 Å². The van der Waals surface area contributed by atoms with E-state index in [1.54, 1.807) is 0 Å². The summed E-state index contributed by atoms with van der Waals surface area (Å²) in [6.45, 7) is 4.72. The molecule has 2 heterocycles. The van der Waals surface area contributed by atoms with Crippen molar-refractivity contribution in [3.05, 3.63) is 223 Å². The Hall–Kier alpha value is -7.88. The lowest BCUT2D eigenvalue weighted by Crippen LogP contribution is -2.14. The highest BCUT2D eigenvalue weighted by Gasteiger charge is 2.37. The molecule has 3 nitrogen and oxygen atoms in total. The minimum Gasteiger partial charge on any atom is -0.309 e. The van der Waals surface area contributed by atoms with Crippen molar-refractivity contribution in [3.8, 4) is 73.0 Å². The summed E-state index contributed by atoms with van der Waals surface area (Å²) in [5.74, 6) is 0.702. The third kappa shape index (κ3) is 5.73. The fourth-order valence-electron chi connectivity index (χ4n) is 9.93. The summed E-state index contributed by atoms with van der Waals surface area (Å²) in [5, 5.41) is 5.02. The van der Waals surface area contributed by atoms with Crippen LogP contribution in [-0.2, 0) is 5.41 Å². The zero-order valence-corrected chi connectivity index (χ0v) is 34.5. The standard InChI is InChI=1S/C59H41N3/c1-59(2)51-26-15-25-48(57(51)50-35-41-18-9-10-19-42(41)36-52(50)59)45-22-11-12-23-46(45)54-37-53(60-58(61-54)40-16-5-3-6-17-40)39-30-28-38(29-31-39)43-32-33-56-49(34-43)47-24-13-14-27-55(47)62(56)44-20-7-4-8-21-44/h3-37H,1-2H3. The highest BCUT2D eigenvalue weighted by atomic mass is 15.0. The minimum atomic E-state index is -0.138. The molecule has 0 amide bonds. The van der Waals surface area contributed by atoms with Gasteiger partial charge in [0.05, 0.1) is 22.4 Å². The summed E-state index contributed by atoms with van der Waals surface area (Å²) in [7, 11) is 0. The summed E-state index contributed by atoms with van der Waals surface area (Å²) in [6.07, 6.45) is 0. The van der Waals surface area contributed by atoms with Crippen LogP contribution in [0.25, 0.3) is 106 Å². The number of hydrogen-bond donors (Lipinski definition) is 0. The van der Waals surface area contributed by atoms with Crippen LogP contribution in [0.5, 0.6) is 0 Å². The smallest absolute Gasteiger partial charge is 0.160 e. The van der Waals surface area contributed by atoms with Crippen molar-refractivity contribution in [1.29, 1.82) is 0 Å². The lowest BCUT2D eigenvalue weighted by molar-refractivity contribution is 0.661. The Labute approximate surface area is 361 Å². The summed E-state index contributed by atoms with van der Waals surface area (Å²) in [6, 6.07) is 76.6. The lowest BCUT2D eigenvalue weighted by Gasteiger charge is -2.22. The number of rotatable bonds is 6. The molecule has 11 aromatic rings. The summed E-state index contributed by atoms with van der Waals surface area (Å²) >= 11 is 0. The summed E-state index contributed by atoms with van der Waals surface area (Å²) in [5.41, 5.74) is 18.3. The lowest BCUT2D eigenvalue weighted by atomic mass is 9.81. The van der Waals surface area contributed by atoms with Gasteiger partial charge in [-0.1, -0.05) is 178 Å². The predicted octanol–water partition coefficient (Wildman–Crippen LogP) is 15.4. The molecule has 0 saturated heterocycles. The van der Waals surface area contributed by atoms with Crippen LogP contribution < -0.4 is 0 Å². The Morgan fingerprint density at radius 2 is 0.984 bits per heavy atom. The molecule has 1 aliphatic rings. The molecular formula is C59H41N3. The Morgan fingerprint density at radius 1 is 0.371 bits per heavy atom. The van der Waals surface area contributed by atoms with Crippen LogP contribution >= 0.6 is 0 Å². The maximum Gasteiger partial charge on any atom is 0.160 e. The van der Waals surface area contributed by atoms with E-state index in [1.807, 2.05) is 6.07 Å². The van der Waals surface area contributed by atoms with Crippen molar-refractivity contribution in [1.82, 2.24) is 14.5 Å². The predicted molar refractivity (Wildman–Crippen MR) is 259 cm³/mol. The third-order valence-corrected chi connectivity index (χ3v) is 13.0. The van der Waals surface area contributed by atoms with Gasteiger partial charge in [-0.15, -0.1) is 0 Å². The molecule has 0 spiro atoms. The molecule has 0 bridgehead atoms. The third-order valence-electron chi connectivity index (χ3n) is 13.0. The van der Waals surface area contributed by atoms with Gasteiger partial charge >= 0.3 is 0 Å². The summed E-state index contributed by atoms with van der Waals surface area (Å²) < 4.78 is 2.36. The second-order valence-electron chi connectivity index (χ2n) is 17.0. The molecule has 0 unspecified atom stereocenters. The number of fused-ring (bicyclic) bond motifs is 7. The van der Waals surface area contributed by atoms with Gasteiger partial charge in [0.1, 0.15) is 0 Å². The van der Waals surface area contributed by atoms with E-state index in [0.29, 0.717) is 5.82 Å². The molecule has 3 heteroatoms. The van der Waals surface area contributed by atoms with Crippen molar-refractivity contribution >= 4 is 32.6 Å². The van der Waals surface area contributed by atoms with Crippen molar-refractivity contribution in [2.45, 2.75) is 19.3 Å². The van der Waals surface area contributed by atoms with Crippen LogP contribution in [0.3, 0.4) is 0 Å². The van der Waals surface area contributed by atoms with Gasteiger partial charge in [-0.2, -0.15) is 0 Å². The topological polar surface area (TPSA) is 30.7 Å². The van der Waals surface area contributed by atoms with Crippen molar-refractivity contribution in [3.63, 3.8) is 0 Å². The van der Waals surface area contributed by atoms with E-state index in [0.717, 1.165) is 44.9 Å². The second kappa shape index (κ2) is 14.1. The molecule has 0 atom stereocenters. The first-order valence-corrected chi connectivity index (χ1v) is 21.4. The molecule has 0 saturated carbocycles. The molecule has 0 fully saturated rings. The molecule has 0 N–H and O–H groups in total. The Bertz CT molecular complexity index is 3520. The monoisotopic (exact) mass is 791 g/mol. The molecule has 0 aliphatic heterocycles. The van der Waals surface area contributed by atoms with E-state index in [1.165, 1.54) is 66.0 Å². The van der Waals surface area contributed by atoms with Gasteiger partial charge in [-0.3, -0.25) is 0 Å². The van der Waals surface area contributed by atoms with Gasteiger partial charge in [-0.25, -0.2) is 9.97 Å². The van der Waals surface area contributed by atoms with E-state index >= 15 is 0 Å². The summed E-state index contributed by atoms with van der Waals surface area (Å²) in [4.78, 5) is 10.6. The fourth-order valence-corrected chi connectivity index (χ4v) is 9.93. The van der Waals surface area contributed by atoms with Crippen molar-refractivity contribution in [2.75, 3.05) is 0 Å². The first-order valence-electron chi connectivity index (χ1n) is 21.4. The largest absolute Gasteiger partial charge is 0.309 e. The molecule has 1 aliphatic carbocycles. The molecule has 292 valence electrons. The Balaban J connectivity index is 0.976. The minimum absolute atomic E-state index is 0.138. The zero-order chi connectivity index (χ0) is 41.4. The van der Waals surface area contributed by atoms with E-state index in [9.17, 15) is 0 Å². The van der Waals surface area contributed by atoms with Gasteiger partial charge in [0.25, 0.3) is 0 Å². The molecule has 12 rings (SSSR count). The molecule has 2 aromatic heterocycles. The highest BCUT2D eigenvalue weighted by molar-refractivity contribution is 6.10. The van der Waals surface area contributed by atoms with Crippen LogP contribution in [0, 0.1) is 0 Å². The quantitative estimate of drug-likeness (QED) is 0.168. The number of hydrogen-bond acceptors (Lipinski definition) is 2. The fraction of sp³-hybridized carbons (Fsp3) is 0.0508. The maximum atomic E-state index is 5.32.